The van der Waals surface area contributed by atoms with Crippen LogP contribution in [0.25, 0.3) is 0 Å². The van der Waals surface area contributed by atoms with Crippen molar-refractivity contribution in [3.8, 4) is 0 Å². The lowest BCUT2D eigenvalue weighted by molar-refractivity contribution is 0.596. The molecule has 0 heterocycles. The maximum absolute atomic E-state index is 5.12. The van der Waals surface area contributed by atoms with E-state index in [4.69, 9.17) is 12.2 Å². The highest BCUT2D eigenvalue weighted by Crippen LogP contribution is 2.08. The van der Waals surface area contributed by atoms with E-state index in [1.54, 1.807) is 0 Å². The third-order valence-corrected chi connectivity index (χ3v) is 4.57. The van der Waals surface area contributed by atoms with Gasteiger partial charge < -0.3 is 0 Å². The monoisotopic (exact) mass is 382 g/mol. The van der Waals surface area contributed by atoms with E-state index in [-0.39, 0.29) is 0 Å². The van der Waals surface area contributed by atoms with E-state index >= 15 is 0 Å². The van der Waals surface area contributed by atoms with Gasteiger partial charge in [0.05, 0.1) is 0 Å². The van der Waals surface area contributed by atoms with Gasteiger partial charge in [0.15, 0.2) is 0 Å². The summed E-state index contributed by atoms with van der Waals surface area (Å²) in [6.45, 7) is 4.51. The number of thiocarbonyl (C=S) groups is 1. The van der Waals surface area contributed by atoms with Gasteiger partial charge in [-0.25, -0.2) is 0 Å². The molecule has 152 valence electrons. The van der Waals surface area contributed by atoms with Crippen LogP contribution in [-0.4, -0.2) is 17.5 Å². The Morgan fingerprint density at radius 2 is 0.962 bits per heavy atom. The Kier molecular flexibility index (Phi) is 21.2. The van der Waals surface area contributed by atoms with Crippen molar-refractivity contribution in [3.05, 3.63) is 0 Å². The van der Waals surface area contributed by atoms with E-state index in [2.05, 4.69) is 34.9 Å². The van der Waals surface area contributed by atoms with Crippen LogP contribution in [0.2, 0.25) is 0 Å². The fourth-order valence-electron chi connectivity index (χ4n) is 2.75. The van der Waals surface area contributed by atoms with E-state index in [0.29, 0.717) is 5.11 Å². The van der Waals surface area contributed by atoms with Crippen molar-refractivity contribution in [1.82, 2.24) is 10.9 Å². The van der Waals surface area contributed by atoms with E-state index < -0.39 is 0 Å². The van der Waals surface area contributed by atoms with Gasteiger partial charge >= 0.3 is 0 Å². The molecule has 0 aliphatic carbocycles. The molecular weight excluding hydrogens is 340 g/mol. The minimum Gasteiger partial charge on any atom is -0.253 e. The summed E-state index contributed by atoms with van der Waals surface area (Å²) in [6, 6.07) is 0. The zero-order valence-corrected chi connectivity index (χ0v) is 18.1. The minimum atomic E-state index is 0.455. The smallest absolute Gasteiger partial charge is 0.207 e. The minimum absolute atomic E-state index is 0.455. The molecule has 0 aromatic carbocycles. The van der Waals surface area contributed by atoms with Crippen molar-refractivity contribution >= 4 is 29.8 Å². The van der Waals surface area contributed by atoms with E-state index in [1.807, 2.05) is 12.4 Å². The first-order valence-corrected chi connectivity index (χ1v) is 11.3. The highest BCUT2D eigenvalue weighted by atomic mass is 32.1. The van der Waals surface area contributed by atoms with Gasteiger partial charge in [0.25, 0.3) is 0 Å². The van der Waals surface area contributed by atoms with Crippen LogP contribution in [0.1, 0.15) is 117 Å². The Bertz CT molecular complexity index is 324. The molecule has 0 amide bonds. The lowest BCUT2D eigenvalue weighted by atomic mass is 10.1. The standard InChI is InChI=1S/C21H42N4S/c1-3-5-7-9-11-13-15-17-19-22-24-21(26)25-23-20-18-16-14-12-10-8-6-4-2/h19-20H,3-18H2,1-2H3,(H2,24,25,26)/b22-19-,23-20+. The number of hydrogen-bond donors (Lipinski definition) is 2. The number of hydrogen-bond acceptors (Lipinski definition) is 3. The second-order valence-electron chi connectivity index (χ2n) is 7.00. The summed E-state index contributed by atoms with van der Waals surface area (Å²) in [7, 11) is 0. The third kappa shape index (κ3) is 21.1. The maximum Gasteiger partial charge on any atom is 0.207 e. The number of nitrogens with zero attached hydrogens (tertiary/aromatic N) is 2. The van der Waals surface area contributed by atoms with Crippen molar-refractivity contribution in [2.24, 2.45) is 10.2 Å². The first kappa shape index (κ1) is 25.0. The molecule has 0 aromatic heterocycles. The molecule has 4 nitrogen and oxygen atoms in total. The Balaban J connectivity index is 3.34. The molecular formula is C21H42N4S. The molecule has 0 fully saturated rings. The predicted octanol–water partition coefficient (Wildman–Crippen LogP) is 6.70. The number of unbranched alkanes of at least 4 members (excludes halogenated alkanes) is 14. The average Bonchev–Trinajstić information content (AvgIpc) is 2.64. The van der Waals surface area contributed by atoms with Crippen molar-refractivity contribution < 1.29 is 0 Å². The second kappa shape index (κ2) is 22.1. The molecule has 0 saturated carbocycles. The molecule has 0 aliphatic rings. The van der Waals surface area contributed by atoms with Crippen LogP contribution in [0.15, 0.2) is 10.2 Å². The van der Waals surface area contributed by atoms with Crippen molar-refractivity contribution in [1.29, 1.82) is 0 Å². The quantitative estimate of drug-likeness (QED) is 0.120. The number of nitrogens with one attached hydrogen (secondary N) is 2. The zero-order chi connectivity index (χ0) is 19.1. The van der Waals surface area contributed by atoms with Crippen LogP contribution in [0.5, 0.6) is 0 Å². The van der Waals surface area contributed by atoms with Crippen LogP contribution in [-0.2, 0) is 0 Å². The lowest BCUT2D eigenvalue weighted by Gasteiger charge is -2.01. The molecule has 2 N–H and O–H groups in total. The summed E-state index contributed by atoms with van der Waals surface area (Å²) in [6.07, 6.45) is 24.4. The summed E-state index contributed by atoms with van der Waals surface area (Å²) in [5.41, 5.74) is 5.62. The maximum atomic E-state index is 5.12. The summed E-state index contributed by atoms with van der Waals surface area (Å²) in [4.78, 5) is 0. The SMILES string of the molecule is CCCCCCCCC/C=N\NC(=S)N/N=C/CCCCCCCCC. The Morgan fingerprint density at radius 1 is 0.615 bits per heavy atom. The molecule has 0 bridgehead atoms. The van der Waals surface area contributed by atoms with E-state index in [1.165, 1.54) is 89.9 Å². The Morgan fingerprint density at radius 3 is 1.35 bits per heavy atom. The molecule has 0 radical (unpaired) electrons. The van der Waals surface area contributed by atoms with Gasteiger partial charge in [-0.2, -0.15) is 10.2 Å². The van der Waals surface area contributed by atoms with Crippen LogP contribution < -0.4 is 10.9 Å². The first-order valence-electron chi connectivity index (χ1n) is 10.9. The summed E-state index contributed by atoms with van der Waals surface area (Å²) >= 11 is 5.12. The van der Waals surface area contributed by atoms with E-state index in [9.17, 15) is 0 Å². The van der Waals surface area contributed by atoms with Crippen molar-refractivity contribution in [3.63, 3.8) is 0 Å². The van der Waals surface area contributed by atoms with Gasteiger partial charge in [-0.3, -0.25) is 10.9 Å². The highest BCUT2D eigenvalue weighted by Gasteiger charge is 1.92. The zero-order valence-electron chi connectivity index (χ0n) is 17.3. The summed E-state index contributed by atoms with van der Waals surface area (Å²) in [5.74, 6) is 0. The first-order chi connectivity index (χ1) is 12.8. The molecule has 0 aromatic rings. The van der Waals surface area contributed by atoms with Crippen LogP contribution in [0, 0.1) is 0 Å². The molecule has 0 rings (SSSR count). The summed E-state index contributed by atoms with van der Waals surface area (Å²) in [5, 5.41) is 8.71. The van der Waals surface area contributed by atoms with Gasteiger partial charge in [-0.05, 0) is 37.9 Å². The number of hydrazone groups is 2. The van der Waals surface area contributed by atoms with Crippen LogP contribution in [0.4, 0.5) is 0 Å². The van der Waals surface area contributed by atoms with E-state index in [0.717, 1.165) is 12.8 Å². The van der Waals surface area contributed by atoms with Gasteiger partial charge in [0.2, 0.25) is 5.11 Å². The summed E-state index contributed by atoms with van der Waals surface area (Å²) < 4.78 is 0. The Hall–Kier alpha value is -0.970. The lowest BCUT2D eigenvalue weighted by Crippen LogP contribution is -2.28. The van der Waals surface area contributed by atoms with Crippen molar-refractivity contribution in [2.45, 2.75) is 117 Å². The molecule has 0 saturated heterocycles. The molecule has 0 unspecified atom stereocenters. The third-order valence-electron chi connectivity index (χ3n) is 4.39. The van der Waals surface area contributed by atoms with Crippen LogP contribution >= 0.6 is 12.2 Å². The predicted molar refractivity (Wildman–Crippen MR) is 121 cm³/mol. The molecule has 26 heavy (non-hydrogen) atoms. The van der Waals surface area contributed by atoms with Crippen molar-refractivity contribution in [2.75, 3.05) is 0 Å². The average molecular weight is 383 g/mol. The van der Waals surface area contributed by atoms with Crippen LogP contribution in [0.3, 0.4) is 0 Å². The molecule has 0 aliphatic heterocycles. The second-order valence-corrected chi connectivity index (χ2v) is 7.40. The van der Waals surface area contributed by atoms with Gasteiger partial charge in [0, 0.05) is 12.4 Å². The number of rotatable bonds is 18. The fourth-order valence-corrected chi connectivity index (χ4v) is 2.85. The molecule has 0 spiro atoms. The Labute approximate surface area is 167 Å². The van der Waals surface area contributed by atoms with Gasteiger partial charge in [-0.15, -0.1) is 0 Å². The topological polar surface area (TPSA) is 48.8 Å². The fraction of sp³-hybridized carbons (Fsp3) is 0.857. The van der Waals surface area contributed by atoms with Gasteiger partial charge in [0.1, 0.15) is 0 Å². The van der Waals surface area contributed by atoms with Gasteiger partial charge in [-0.1, -0.05) is 90.9 Å². The molecule has 5 heteroatoms. The largest absolute Gasteiger partial charge is 0.253 e. The normalized spacial score (nSPS) is 11.5. The molecule has 0 atom stereocenters. The highest BCUT2D eigenvalue weighted by molar-refractivity contribution is 7.80.